The molecule has 18 heavy (non-hydrogen) atoms. The van der Waals surface area contributed by atoms with Crippen LogP contribution in [0.25, 0.3) is 0 Å². The standard InChI is InChI=1S/C11H11ClN4O2/c1-2-18-11-14-10(15-16-11)13-9(17)7-4-3-5-8(12)6-7/h3-6H,2H2,1H3,(H2,13,14,15,16,17). The van der Waals surface area contributed by atoms with Crippen molar-refractivity contribution in [3.63, 3.8) is 0 Å². The minimum atomic E-state index is -0.323. The molecule has 2 N–H and O–H groups in total. The topological polar surface area (TPSA) is 79.9 Å². The van der Waals surface area contributed by atoms with Gasteiger partial charge < -0.3 is 4.74 Å². The normalized spacial score (nSPS) is 10.1. The number of nitrogens with zero attached hydrogens (tertiary/aromatic N) is 2. The average molecular weight is 267 g/mol. The summed E-state index contributed by atoms with van der Waals surface area (Å²) in [5.41, 5.74) is 0.442. The van der Waals surface area contributed by atoms with Gasteiger partial charge in [0.05, 0.1) is 6.61 Å². The molecule has 1 aromatic carbocycles. The number of ether oxygens (including phenoxy) is 1. The second-order valence-corrected chi connectivity index (χ2v) is 3.80. The lowest BCUT2D eigenvalue weighted by atomic mass is 10.2. The number of halogens is 1. The van der Waals surface area contributed by atoms with Gasteiger partial charge in [0.15, 0.2) is 0 Å². The highest BCUT2D eigenvalue weighted by Crippen LogP contribution is 2.12. The van der Waals surface area contributed by atoms with Gasteiger partial charge in [-0.2, -0.15) is 4.98 Å². The number of aromatic nitrogens is 3. The van der Waals surface area contributed by atoms with Crippen LogP contribution in [-0.4, -0.2) is 27.7 Å². The zero-order valence-electron chi connectivity index (χ0n) is 9.61. The molecule has 0 radical (unpaired) electrons. The molecule has 0 saturated heterocycles. The van der Waals surface area contributed by atoms with Crippen LogP contribution < -0.4 is 10.1 Å². The summed E-state index contributed by atoms with van der Waals surface area (Å²) in [5.74, 6) is -0.0971. The van der Waals surface area contributed by atoms with Gasteiger partial charge in [0.2, 0.25) is 5.95 Å². The Kier molecular flexibility index (Phi) is 3.78. The Morgan fingerprint density at radius 3 is 3.11 bits per heavy atom. The maximum absolute atomic E-state index is 11.8. The Morgan fingerprint density at radius 2 is 2.39 bits per heavy atom. The molecule has 7 heteroatoms. The van der Waals surface area contributed by atoms with E-state index in [1.165, 1.54) is 0 Å². The van der Waals surface area contributed by atoms with E-state index in [0.717, 1.165) is 0 Å². The van der Waals surface area contributed by atoms with Crippen LogP contribution in [0.3, 0.4) is 0 Å². The van der Waals surface area contributed by atoms with Gasteiger partial charge in [-0.1, -0.05) is 17.7 Å². The van der Waals surface area contributed by atoms with Crippen molar-refractivity contribution in [2.45, 2.75) is 6.92 Å². The maximum atomic E-state index is 11.8. The number of rotatable bonds is 4. The van der Waals surface area contributed by atoms with Crippen LogP contribution in [0.5, 0.6) is 6.01 Å². The Bertz CT molecular complexity index is 555. The monoisotopic (exact) mass is 266 g/mol. The molecule has 1 amide bonds. The predicted octanol–water partition coefficient (Wildman–Crippen LogP) is 2.11. The Balaban J connectivity index is 2.06. The molecule has 2 rings (SSSR count). The smallest absolute Gasteiger partial charge is 0.337 e. The van der Waals surface area contributed by atoms with E-state index >= 15 is 0 Å². The molecule has 0 aliphatic heterocycles. The highest BCUT2D eigenvalue weighted by molar-refractivity contribution is 6.31. The van der Waals surface area contributed by atoms with Crippen molar-refractivity contribution in [1.82, 2.24) is 15.2 Å². The Hall–Kier alpha value is -2.08. The van der Waals surface area contributed by atoms with Gasteiger partial charge in [-0.3, -0.25) is 10.1 Å². The molecule has 2 aromatic rings. The van der Waals surface area contributed by atoms with Crippen LogP contribution in [0.2, 0.25) is 5.02 Å². The minimum Gasteiger partial charge on any atom is -0.463 e. The molecule has 6 nitrogen and oxygen atoms in total. The molecule has 0 aliphatic carbocycles. The zero-order chi connectivity index (χ0) is 13.0. The van der Waals surface area contributed by atoms with Crippen molar-refractivity contribution in [2.75, 3.05) is 11.9 Å². The summed E-state index contributed by atoms with van der Waals surface area (Å²) < 4.78 is 5.07. The quantitative estimate of drug-likeness (QED) is 0.888. The van der Waals surface area contributed by atoms with Gasteiger partial charge in [0.1, 0.15) is 0 Å². The second kappa shape index (κ2) is 5.50. The number of nitrogens with one attached hydrogen (secondary N) is 2. The fraction of sp³-hybridized carbons (Fsp3) is 0.182. The fourth-order valence-electron chi connectivity index (χ4n) is 1.31. The number of carbonyl (C=O) groups excluding carboxylic acids is 1. The van der Waals surface area contributed by atoms with Gasteiger partial charge in [-0.15, -0.1) is 5.10 Å². The fourth-order valence-corrected chi connectivity index (χ4v) is 1.50. The molecule has 1 heterocycles. The van der Waals surface area contributed by atoms with Crippen molar-refractivity contribution in [3.05, 3.63) is 34.9 Å². The summed E-state index contributed by atoms with van der Waals surface area (Å²) in [6.45, 7) is 2.28. The zero-order valence-corrected chi connectivity index (χ0v) is 10.4. The lowest BCUT2D eigenvalue weighted by Gasteiger charge is -2.01. The molecule has 1 aromatic heterocycles. The number of anilines is 1. The van der Waals surface area contributed by atoms with Crippen LogP contribution in [-0.2, 0) is 0 Å². The lowest BCUT2D eigenvalue weighted by Crippen LogP contribution is -2.12. The first-order chi connectivity index (χ1) is 8.69. The van der Waals surface area contributed by atoms with Crippen LogP contribution in [0.4, 0.5) is 5.95 Å². The largest absolute Gasteiger partial charge is 0.463 e. The molecular formula is C11H11ClN4O2. The number of carbonyl (C=O) groups is 1. The third-order valence-electron chi connectivity index (χ3n) is 2.06. The van der Waals surface area contributed by atoms with E-state index in [0.29, 0.717) is 17.2 Å². The predicted molar refractivity (Wildman–Crippen MR) is 67.0 cm³/mol. The van der Waals surface area contributed by atoms with Crippen LogP contribution in [0, 0.1) is 0 Å². The molecule has 0 aliphatic rings. The van der Waals surface area contributed by atoms with E-state index in [1.54, 1.807) is 24.3 Å². The molecule has 0 bridgehead atoms. The highest BCUT2D eigenvalue weighted by atomic mass is 35.5. The third-order valence-corrected chi connectivity index (χ3v) is 2.29. The van der Waals surface area contributed by atoms with Gasteiger partial charge >= 0.3 is 6.01 Å². The molecule has 0 atom stereocenters. The van der Waals surface area contributed by atoms with Crippen LogP contribution in [0.15, 0.2) is 24.3 Å². The van der Waals surface area contributed by atoms with Crippen LogP contribution >= 0.6 is 11.6 Å². The SMILES string of the molecule is CCOc1n[nH]c(NC(=O)c2cccc(Cl)c2)n1. The van der Waals surface area contributed by atoms with E-state index < -0.39 is 0 Å². The number of hydrogen-bond acceptors (Lipinski definition) is 4. The number of hydrogen-bond donors (Lipinski definition) is 2. The van der Waals surface area contributed by atoms with Gasteiger partial charge in [-0.05, 0) is 25.1 Å². The van der Waals surface area contributed by atoms with Crippen molar-refractivity contribution < 1.29 is 9.53 Å². The van der Waals surface area contributed by atoms with Crippen molar-refractivity contribution in [1.29, 1.82) is 0 Å². The molecule has 0 spiro atoms. The first-order valence-corrected chi connectivity index (χ1v) is 5.69. The molecule has 0 unspecified atom stereocenters. The first kappa shape index (κ1) is 12.4. The van der Waals surface area contributed by atoms with E-state index in [1.807, 2.05) is 6.92 Å². The number of benzene rings is 1. The van der Waals surface area contributed by atoms with E-state index in [4.69, 9.17) is 16.3 Å². The van der Waals surface area contributed by atoms with Crippen LogP contribution in [0.1, 0.15) is 17.3 Å². The second-order valence-electron chi connectivity index (χ2n) is 3.36. The Labute approximate surface area is 108 Å². The minimum absolute atomic E-state index is 0.193. The average Bonchev–Trinajstić information content (AvgIpc) is 2.77. The number of amides is 1. The Morgan fingerprint density at radius 1 is 1.56 bits per heavy atom. The first-order valence-electron chi connectivity index (χ1n) is 5.31. The van der Waals surface area contributed by atoms with Crippen molar-refractivity contribution >= 4 is 23.5 Å². The summed E-state index contributed by atoms with van der Waals surface area (Å²) in [6, 6.07) is 6.81. The summed E-state index contributed by atoms with van der Waals surface area (Å²) in [5, 5.41) is 9.38. The van der Waals surface area contributed by atoms with Gasteiger partial charge in [0, 0.05) is 10.6 Å². The van der Waals surface area contributed by atoms with E-state index in [-0.39, 0.29) is 17.9 Å². The van der Waals surface area contributed by atoms with E-state index in [9.17, 15) is 4.79 Å². The summed E-state index contributed by atoms with van der Waals surface area (Å²) in [7, 11) is 0. The maximum Gasteiger partial charge on any atom is 0.337 e. The molecular weight excluding hydrogens is 256 g/mol. The lowest BCUT2D eigenvalue weighted by molar-refractivity contribution is 0.102. The highest BCUT2D eigenvalue weighted by Gasteiger charge is 2.10. The van der Waals surface area contributed by atoms with E-state index in [2.05, 4.69) is 20.5 Å². The van der Waals surface area contributed by atoms with Gasteiger partial charge in [-0.25, -0.2) is 5.10 Å². The molecule has 0 fully saturated rings. The van der Waals surface area contributed by atoms with Gasteiger partial charge in [0.25, 0.3) is 5.91 Å². The number of H-pyrrole nitrogens is 1. The van der Waals surface area contributed by atoms with Crippen molar-refractivity contribution in [2.24, 2.45) is 0 Å². The number of aromatic amines is 1. The summed E-state index contributed by atoms with van der Waals surface area (Å²) in [6.07, 6.45) is 0. The molecule has 94 valence electrons. The third kappa shape index (κ3) is 2.98. The summed E-state index contributed by atoms with van der Waals surface area (Å²) >= 11 is 5.80. The molecule has 0 saturated carbocycles. The summed E-state index contributed by atoms with van der Waals surface area (Å²) in [4.78, 5) is 15.8. The van der Waals surface area contributed by atoms with Crippen molar-refractivity contribution in [3.8, 4) is 6.01 Å².